The second-order valence-electron chi connectivity index (χ2n) is 3.85. The van der Waals surface area contributed by atoms with Crippen molar-refractivity contribution in [2.45, 2.75) is 31.4 Å². The minimum absolute atomic E-state index is 0.182. The van der Waals surface area contributed by atoms with E-state index < -0.39 is 8.80 Å². The zero-order valence-electron chi connectivity index (χ0n) is 10.2. The van der Waals surface area contributed by atoms with Crippen molar-refractivity contribution in [1.29, 1.82) is 0 Å². The van der Waals surface area contributed by atoms with Gasteiger partial charge in [0.15, 0.2) is 0 Å². The van der Waals surface area contributed by atoms with Gasteiger partial charge in [0.1, 0.15) is 5.78 Å². The van der Waals surface area contributed by atoms with Crippen LogP contribution >= 0.6 is 0 Å². The van der Waals surface area contributed by atoms with Crippen molar-refractivity contribution < 1.29 is 22.8 Å². The number of ketones is 1. The Hall–Kier alpha value is -0.273. The van der Waals surface area contributed by atoms with Crippen LogP contribution in [-0.2, 0) is 22.8 Å². The Bertz CT molecular complexity index is 217. The fourth-order valence-corrected chi connectivity index (χ4v) is 3.32. The van der Waals surface area contributed by atoms with Crippen LogP contribution in [-0.4, -0.2) is 48.6 Å². The second kappa shape index (κ2) is 6.46. The molecule has 5 nitrogen and oxygen atoms in total. The Labute approximate surface area is 97.4 Å². The molecule has 1 heterocycles. The van der Waals surface area contributed by atoms with Crippen molar-refractivity contribution in [3.63, 3.8) is 0 Å². The molecule has 0 radical (unpaired) electrons. The van der Waals surface area contributed by atoms with Gasteiger partial charge in [-0.2, -0.15) is 0 Å². The highest BCUT2D eigenvalue weighted by molar-refractivity contribution is 6.60. The van der Waals surface area contributed by atoms with Gasteiger partial charge in [-0.25, -0.2) is 0 Å². The Balaban J connectivity index is 2.18. The number of rotatable bonds is 9. The molecule has 1 saturated heterocycles. The lowest BCUT2D eigenvalue weighted by Crippen LogP contribution is -2.42. The van der Waals surface area contributed by atoms with Crippen molar-refractivity contribution in [2.24, 2.45) is 0 Å². The summed E-state index contributed by atoms with van der Waals surface area (Å²) in [5.41, 5.74) is 0. The fraction of sp³-hybridized carbons (Fsp3) is 0.900. The highest BCUT2D eigenvalue weighted by atomic mass is 28.4. The average Bonchev–Trinajstić information content (AvgIpc) is 3.09. The minimum atomic E-state index is -2.49. The Morgan fingerprint density at radius 1 is 1.31 bits per heavy atom. The standard InChI is InChI=1S/C10H20O5Si/c1-12-16(13-2,14-3)6-4-5-9(11)7-10-8-15-10/h10H,4-8H2,1-3H3. The van der Waals surface area contributed by atoms with Crippen LogP contribution in [0.4, 0.5) is 0 Å². The molecule has 0 N–H and O–H groups in total. The van der Waals surface area contributed by atoms with Gasteiger partial charge in [0.05, 0.1) is 12.7 Å². The number of hydrogen-bond acceptors (Lipinski definition) is 5. The summed E-state index contributed by atoms with van der Waals surface area (Å²) in [6, 6.07) is 0.674. The van der Waals surface area contributed by atoms with Crippen LogP contribution in [0.25, 0.3) is 0 Å². The van der Waals surface area contributed by atoms with E-state index in [2.05, 4.69) is 0 Å². The molecular formula is C10H20O5Si. The molecule has 0 spiro atoms. The van der Waals surface area contributed by atoms with Crippen LogP contribution in [0.3, 0.4) is 0 Å². The maximum Gasteiger partial charge on any atom is 0.500 e. The maximum atomic E-state index is 11.5. The van der Waals surface area contributed by atoms with Crippen LogP contribution in [0.5, 0.6) is 0 Å². The summed E-state index contributed by atoms with van der Waals surface area (Å²) in [6.07, 6.45) is 2.02. The van der Waals surface area contributed by atoms with Gasteiger partial charge in [-0.15, -0.1) is 0 Å². The molecule has 1 atom stereocenters. The summed E-state index contributed by atoms with van der Waals surface area (Å²) in [5, 5.41) is 0. The molecule has 94 valence electrons. The molecule has 0 amide bonds. The van der Waals surface area contributed by atoms with E-state index in [-0.39, 0.29) is 11.9 Å². The largest absolute Gasteiger partial charge is 0.500 e. The first-order valence-corrected chi connectivity index (χ1v) is 7.37. The highest BCUT2D eigenvalue weighted by Gasteiger charge is 2.37. The molecule has 0 aliphatic carbocycles. The Morgan fingerprint density at radius 3 is 2.31 bits per heavy atom. The van der Waals surface area contributed by atoms with E-state index in [1.165, 1.54) is 0 Å². The molecule has 0 bridgehead atoms. The number of epoxide rings is 1. The topological polar surface area (TPSA) is 57.3 Å². The third kappa shape index (κ3) is 4.30. The number of ether oxygens (including phenoxy) is 1. The van der Waals surface area contributed by atoms with E-state index in [4.69, 9.17) is 18.0 Å². The molecule has 1 unspecified atom stereocenters. The molecule has 1 fully saturated rings. The first kappa shape index (κ1) is 13.8. The second-order valence-corrected chi connectivity index (χ2v) is 6.94. The van der Waals surface area contributed by atoms with E-state index in [0.29, 0.717) is 18.9 Å². The van der Waals surface area contributed by atoms with Crippen molar-refractivity contribution in [1.82, 2.24) is 0 Å². The summed E-state index contributed by atoms with van der Waals surface area (Å²) in [5.74, 6) is 0.244. The number of Topliss-reactive ketones (excluding diaryl/α,β-unsaturated/α-hetero) is 1. The smallest absolute Gasteiger partial charge is 0.377 e. The van der Waals surface area contributed by atoms with Crippen LogP contribution < -0.4 is 0 Å². The van der Waals surface area contributed by atoms with Gasteiger partial charge in [-0.3, -0.25) is 4.79 Å². The Kier molecular flexibility index (Phi) is 5.57. The van der Waals surface area contributed by atoms with E-state index in [1.54, 1.807) is 21.3 Å². The van der Waals surface area contributed by atoms with Crippen LogP contribution in [0, 0.1) is 0 Å². The summed E-state index contributed by atoms with van der Waals surface area (Å²) in [6.45, 7) is 0.735. The maximum absolute atomic E-state index is 11.5. The molecule has 0 aromatic carbocycles. The van der Waals surface area contributed by atoms with Crippen molar-refractivity contribution in [3.05, 3.63) is 0 Å². The van der Waals surface area contributed by atoms with Gasteiger partial charge in [0.2, 0.25) is 0 Å². The zero-order chi connectivity index (χ0) is 12.0. The predicted molar refractivity (Wildman–Crippen MR) is 60.2 cm³/mol. The van der Waals surface area contributed by atoms with Gasteiger partial charge in [0.25, 0.3) is 0 Å². The highest BCUT2D eigenvalue weighted by Crippen LogP contribution is 2.19. The minimum Gasteiger partial charge on any atom is -0.377 e. The summed E-state index contributed by atoms with van der Waals surface area (Å²) < 4.78 is 20.8. The van der Waals surface area contributed by atoms with Gasteiger partial charge in [-0.1, -0.05) is 0 Å². The lowest BCUT2D eigenvalue weighted by atomic mass is 10.1. The predicted octanol–water partition coefficient (Wildman–Crippen LogP) is 1.00. The van der Waals surface area contributed by atoms with E-state index in [9.17, 15) is 4.79 Å². The molecule has 0 saturated carbocycles. The quantitative estimate of drug-likeness (QED) is 0.450. The van der Waals surface area contributed by atoms with Crippen molar-refractivity contribution >= 4 is 14.6 Å². The fourth-order valence-electron chi connectivity index (χ4n) is 1.60. The first-order chi connectivity index (χ1) is 7.65. The van der Waals surface area contributed by atoms with Gasteiger partial charge in [-0.05, 0) is 6.42 Å². The molecular weight excluding hydrogens is 228 g/mol. The van der Waals surface area contributed by atoms with Crippen LogP contribution in [0.15, 0.2) is 0 Å². The summed E-state index contributed by atoms with van der Waals surface area (Å²) in [4.78, 5) is 11.5. The number of carbonyl (C=O) groups is 1. The molecule has 1 rings (SSSR count). The number of hydrogen-bond donors (Lipinski definition) is 0. The first-order valence-electron chi connectivity index (χ1n) is 5.44. The average molecular weight is 248 g/mol. The molecule has 0 aromatic rings. The lowest BCUT2D eigenvalue weighted by Gasteiger charge is -2.23. The third-order valence-electron chi connectivity index (χ3n) is 2.73. The Morgan fingerprint density at radius 2 is 1.88 bits per heavy atom. The molecule has 0 aromatic heterocycles. The zero-order valence-corrected chi connectivity index (χ0v) is 11.2. The van der Waals surface area contributed by atoms with E-state index >= 15 is 0 Å². The summed E-state index contributed by atoms with van der Waals surface area (Å²) in [7, 11) is 2.26. The monoisotopic (exact) mass is 248 g/mol. The molecule has 6 heteroatoms. The molecule has 1 aliphatic rings. The molecule has 16 heavy (non-hydrogen) atoms. The third-order valence-corrected chi connectivity index (χ3v) is 5.56. The van der Waals surface area contributed by atoms with Crippen molar-refractivity contribution in [3.8, 4) is 0 Å². The van der Waals surface area contributed by atoms with Gasteiger partial charge >= 0.3 is 8.80 Å². The number of carbonyl (C=O) groups excluding carboxylic acids is 1. The summed E-state index contributed by atoms with van der Waals surface area (Å²) >= 11 is 0. The molecule has 1 aliphatic heterocycles. The normalized spacial score (nSPS) is 19.8. The lowest BCUT2D eigenvalue weighted by molar-refractivity contribution is -0.119. The van der Waals surface area contributed by atoms with Crippen LogP contribution in [0.1, 0.15) is 19.3 Å². The van der Waals surface area contributed by atoms with E-state index in [1.807, 2.05) is 0 Å². The van der Waals surface area contributed by atoms with Crippen molar-refractivity contribution in [2.75, 3.05) is 27.9 Å². The van der Waals surface area contributed by atoms with E-state index in [0.717, 1.165) is 13.0 Å². The van der Waals surface area contributed by atoms with Gasteiger partial charge in [0, 0.05) is 40.2 Å². The SMILES string of the molecule is CO[Si](CCCC(=O)CC1CO1)(OC)OC. The van der Waals surface area contributed by atoms with Crippen LogP contribution in [0.2, 0.25) is 6.04 Å². The van der Waals surface area contributed by atoms with Gasteiger partial charge < -0.3 is 18.0 Å².